The van der Waals surface area contributed by atoms with Crippen LogP contribution in [0, 0.1) is 41.3 Å². The maximum Gasteiger partial charge on any atom is 0.127 e. The molecule has 0 spiro atoms. The maximum absolute atomic E-state index is 14.3. The smallest absolute Gasteiger partial charge is 0.127 e. The molecule has 1 aromatic carbocycles. The van der Waals surface area contributed by atoms with Gasteiger partial charge in [-0.05, 0) is 86.8 Å². The number of halogens is 1. The standard InChI is InChI=1S/C31H47F/c1-3-5-7-8-9-10-25-14-19-28(20-15-25)29-21-16-26(17-22-29)12-13-27-18-23-30(11-6-4-2)31(32)24-27/h18,23-26,28-29H,3-11,14-17,19-22H2,1-2H3/t25-,26-,28-,29-. The van der Waals surface area contributed by atoms with E-state index in [9.17, 15) is 4.39 Å². The molecule has 2 aliphatic rings. The van der Waals surface area contributed by atoms with E-state index < -0.39 is 0 Å². The average Bonchev–Trinajstić information content (AvgIpc) is 2.83. The minimum Gasteiger partial charge on any atom is -0.207 e. The lowest BCUT2D eigenvalue weighted by Gasteiger charge is -2.37. The van der Waals surface area contributed by atoms with E-state index in [1.165, 1.54) is 89.9 Å². The summed E-state index contributed by atoms with van der Waals surface area (Å²) in [5.41, 5.74) is 1.68. The molecular weight excluding hydrogens is 391 g/mol. The number of hydrogen-bond donors (Lipinski definition) is 0. The van der Waals surface area contributed by atoms with Crippen molar-refractivity contribution in [3.63, 3.8) is 0 Å². The number of unbranched alkanes of at least 4 members (excludes halogenated alkanes) is 5. The van der Waals surface area contributed by atoms with E-state index in [0.717, 1.165) is 48.1 Å². The molecule has 0 amide bonds. The third kappa shape index (κ3) is 8.24. The Bertz CT molecular complexity index is 708. The molecule has 3 rings (SSSR count). The minimum absolute atomic E-state index is 0.0782. The molecule has 32 heavy (non-hydrogen) atoms. The topological polar surface area (TPSA) is 0 Å². The zero-order chi connectivity index (χ0) is 22.6. The van der Waals surface area contributed by atoms with Crippen molar-refractivity contribution in [2.24, 2.45) is 23.7 Å². The summed E-state index contributed by atoms with van der Waals surface area (Å²) >= 11 is 0. The Morgan fingerprint density at radius 3 is 2.09 bits per heavy atom. The molecular formula is C31H47F. The molecule has 2 aliphatic carbocycles. The van der Waals surface area contributed by atoms with Gasteiger partial charge in [0.05, 0.1) is 0 Å². The van der Waals surface area contributed by atoms with Crippen LogP contribution in [0.15, 0.2) is 18.2 Å². The lowest BCUT2D eigenvalue weighted by Crippen LogP contribution is -2.25. The molecule has 178 valence electrons. The summed E-state index contributed by atoms with van der Waals surface area (Å²) in [7, 11) is 0. The average molecular weight is 439 g/mol. The van der Waals surface area contributed by atoms with E-state index >= 15 is 0 Å². The summed E-state index contributed by atoms with van der Waals surface area (Å²) in [5, 5.41) is 0. The zero-order valence-electron chi connectivity index (χ0n) is 20.9. The van der Waals surface area contributed by atoms with E-state index in [4.69, 9.17) is 0 Å². The van der Waals surface area contributed by atoms with Crippen molar-refractivity contribution in [1.29, 1.82) is 0 Å². The summed E-state index contributed by atoms with van der Waals surface area (Å²) in [6, 6.07) is 5.59. The molecule has 0 atom stereocenters. The van der Waals surface area contributed by atoms with E-state index in [-0.39, 0.29) is 5.82 Å². The summed E-state index contributed by atoms with van der Waals surface area (Å²) in [6.45, 7) is 4.45. The Labute approximate surface area is 198 Å². The van der Waals surface area contributed by atoms with E-state index in [1.807, 2.05) is 12.1 Å². The highest BCUT2D eigenvalue weighted by Crippen LogP contribution is 2.42. The summed E-state index contributed by atoms with van der Waals surface area (Å²) in [5.74, 6) is 10.1. The van der Waals surface area contributed by atoms with Gasteiger partial charge in [-0.1, -0.05) is 89.5 Å². The van der Waals surface area contributed by atoms with E-state index in [0.29, 0.717) is 5.92 Å². The molecule has 1 heteroatoms. The first-order valence-corrected chi connectivity index (χ1v) is 14.0. The van der Waals surface area contributed by atoms with Gasteiger partial charge in [-0.3, -0.25) is 0 Å². The Hall–Kier alpha value is -1.29. The monoisotopic (exact) mass is 438 g/mol. The third-order valence-corrected chi connectivity index (χ3v) is 8.32. The number of benzene rings is 1. The molecule has 0 N–H and O–H groups in total. The van der Waals surface area contributed by atoms with Crippen LogP contribution < -0.4 is 0 Å². The highest BCUT2D eigenvalue weighted by molar-refractivity contribution is 5.37. The fraction of sp³-hybridized carbons (Fsp3) is 0.742. The number of hydrogen-bond acceptors (Lipinski definition) is 0. The molecule has 1 aromatic rings. The minimum atomic E-state index is -0.0782. The number of aryl methyl sites for hydroxylation is 1. The van der Waals surface area contributed by atoms with Crippen LogP contribution in [0.3, 0.4) is 0 Å². The van der Waals surface area contributed by atoms with Gasteiger partial charge in [-0.2, -0.15) is 0 Å². The second kappa shape index (κ2) is 14.1. The van der Waals surface area contributed by atoms with Gasteiger partial charge in [0.25, 0.3) is 0 Å². The first-order chi connectivity index (χ1) is 15.7. The molecule has 0 unspecified atom stereocenters. The van der Waals surface area contributed by atoms with Gasteiger partial charge in [0, 0.05) is 11.5 Å². The van der Waals surface area contributed by atoms with Crippen LogP contribution in [0.5, 0.6) is 0 Å². The zero-order valence-corrected chi connectivity index (χ0v) is 20.9. The molecule has 0 radical (unpaired) electrons. The van der Waals surface area contributed by atoms with Crippen LogP contribution in [-0.2, 0) is 6.42 Å². The fourth-order valence-electron chi connectivity index (χ4n) is 6.10. The van der Waals surface area contributed by atoms with Gasteiger partial charge < -0.3 is 0 Å². The van der Waals surface area contributed by atoms with Crippen molar-refractivity contribution >= 4 is 0 Å². The summed E-state index contributed by atoms with van der Waals surface area (Å²) < 4.78 is 14.3. The predicted molar refractivity (Wildman–Crippen MR) is 136 cm³/mol. The Balaban J connectivity index is 1.36. The molecule has 0 aromatic heterocycles. The first kappa shape index (κ1) is 25.3. The lowest BCUT2D eigenvalue weighted by atomic mass is 9.69. The molecule has 0 heterocycles. The van der Waals surface area contributed by atoms with Crippen LogP contribution in [0.25, 0.3) is 0 Å². The van der Waals surface area contributed by atoms with Crippen molar-refractivity contribution < 1.29 is 4.39 Å². The van der Waals surface area contributed by atoms with Gasteiger partial charge in [-0.25, -0.2) is 4.39 Å². The van der Waals surface area contributed by atoms with Crippen molar-refractivity contribution in [1.82, 2.24) is 0 Å². The highest BCUT2D eigenvalue weighted by atomic mass is 19.1. The summed E-state index contributed by atoms with van der Waals surface area (Å²) in [4.78, 5) is 0. The fourth-order valence-corrected chi connectivity index (χ4v) is 6.10. The number of rotatable bonds is 10. The normalized spacial score (nSPS) is 25.8. The third-order valence-electron chi connectivity index (χ3n) is 8.32. The van der Waals surface area contributed by atoms with Gasteiger partial charge >= 0.3 is 0 Å². The molecule has 0 bridgehead atoms. The van der Waals surface area contributed by atoms with Crippen molar-refractivity contribution in [2.75, 3.05) is 0 Å². The van der Waals surface area contributed by atoms with Crippen LogP contribution in [0.1, 0.15) is 128 Å². The molecule has 2 saturated carbocycles. The van der Waals surface area contributed by atoms with Gasteiger partial charge in [0.15, 0.2) is 0 Å². The summed E-state index contributed by atoms with van der Waals surface area (Å²) in [6.07, 6.45) is 22.7. The maximum atomic E-state index is 14.3. The highest BCUT2D eigenvalue weighted by Gasteiger charge is 2.30. The van der Waals surface area contributed by atoms with Gasteiger partial charge in [0.1, 0.15) is 5.82 Å². The van der Waals surface area contributed by atoms with Crippen LogP contribution >= 0.6 is 0 Å². The van der Waals surface area contributed by atoms with Crippen molar-refractivity contribution in [2.45, 2.75) is 123 Å². The predicted octanol–water partition coefficient (Wildman–Crippen LogP) is 9.49. The van der Waals surface area contributed by atoms with Gasteiger partial charge in [0.2, 0.25) is 0 Å². The molecule has 2 fully saturated rings. The van der Waals surface area contributed by atoms with Crippen molar-refractivity contribution in [3.8, 4) is 11.8 Å². The van der Waals surface area contributed by atoms with E-state index in [2.05, 4.69) is 25.7 Å². The second-order valence-electron chi connectivity index (χ2n) is 10.8. The molecule has 0 nitrogen and oxygen atoms in total. The quantitative estimate of drug-likeness (QED) is 0.252. The molecule has 0 aliphatic heterocycles. The van der Waals surface area contributed by atoms with Crippen LogP contribution in [-0.4, -0.2) is 0 Å². The lowest BCUT2D eigenvalue weighted by molar-refractivity contribution is 0.153. The van der Waals surface area contributed by atoms with Gasteiger partial charge in [-0.15, -0.1) is 0 Å². The Morgan fingerprint density at radius 1 is 0.781 bits per heavy atom. The first-order valence-electron chi connectivity index (χ1n) is 14.0. The largest absolute Gasteiger partial charge is 0.207 e. The van der Waals surface area contributed by atoms with Crippen LogP contribution in [0.2, 0.25) is 0 Å². The molecule has 0 saturated heterocycles. The Kier molecular flexibility index (Phi) is 11.1. The van der Waals surface area contributed by atoms with Crippen molar-refractivity contribution in [3.05, 3.63) is 35.1 Å². The SMILES string of the molecule is CCCCCCC[C@H]1CC[C@H]([C@H]2CC[C@H](C#Cc3ccc(CCCC)c(F)c3)CC2)CC1. The Morgan fingerprint density at radius 2 is 1.44 bits per heavy atom. The van der Waals surface area contributed by atoms with Crippen LogP contribution in [0.4, 0.5) is 4.39 Å². The second-order valence-corrected chi connectivity index (χ2v) is 10.8. The van der Waals surface area contributed by atoms with E-state index in [1.54, 1.807) is 6.07 Å².